The molecule has 0 saturated carbocycles. The topological polar surface area (TPSA) is 95.3 Å². The third-order valence-electron chi connectivity index (χ3n) is 5.30. The Labute approximate surface area is 169 Å². The smallest absolute Gasteiger partial charge is 0.229 e. The summed E-state index contributed by atoms with van der Waals surface area (Å²) in [5.41, 5.74) is 3.10. The summed E-state index contributed by atoms with van der Waals surface area (Å²) in [4.78, 5) is 22.3. The molecule has 8 heteroatoms. The summed E-state index contributed by atoms with van der Waals surface area (Å²) >= 11 is 0. The van der Waals surface area contributed by atoms with E-state index in [1.54, 1.807) is 25.1 Å². The molecule has 1 saturated heterocycles. The van der Waals surface area contributed by atoms with Crippen LogP contribution < -0.4 is 20.9 Å². The van der Waals surface area contributed by atoms with E-state index >= 15 is 0 Å². The summed E-state index contributed by atoms with van der Waals surface area (Å²) in [7, 11) is 1.75. The summed E-state index contributed by atoms with van der Waals surface area (Å²) in [6.45, 7) is 4.53. The van der Waals surface area contributed by atoms with E-state index in [9.17, 15) is 4.79 Å². The van der Waals surface area contributed by atoms with Crippen LogP contribution in [0, 0.1) is 5.92 Å². The number of hydrogen-bond acceptors (Lipinski definition) is 7. The van der Waals surface area contributed by atoms with E-state index in [-0.39, 0.29) is 5.91 Å². The number of nitrogens with zero attached hydrogens (tertiary/aromatic N) is 3. The number of anilines is 4. The lowest BCUT2D eigenvalue weighted by Gasteiger charge is -2.23. The Hall–Kier alpha value is -3.13. The molecule has 2 aromatic heterocycles. The maximum Gasteiger partial charge on any atom is 0.229 e. The number of fused-ring (bicyclic) bond motifs is 1. The molecule has 1 aliphatic heterocycles. The minimum atomic E-state index is -0.0103. The van der Waals surface area contributed by atoms with E-state index < -0.39 is 0 Å². The molecule has 3 aromatic rings. The summed E-state index contributed by atoms with van der Waals surface area (Å²) in [6, 6.07) is 9.41. The van der Waals surface area contributed by atoms with Crippen molar-refractivity contribution in [2.24, 2.45) is 5.92 Å². The van der Waals surface area contributed by atoms with Gasteiger partial charge in [0.05, 0.1) is 6.26 Å². The molecule has 0 bridgehead atoms. The molecule has 0 radical (unpaired) electrons. The standard InChI is InChI=1S/C21H26N6O2/c1-14(28)27(2)17-5-3-16(4-6-17)24-21-25-18-9-12-29-19(18)20(26-21)23-13-15-7-10-22-11-8-15/h3-6,9,12,15,22H,7-8,10-11,13H2,1-2H3,(H2,23,24,25,26). The molecule has 29 heavy (non-hydrogen) atoms. The Morgan fingerprint density at radius 3 is 2.69 bits per heavy atom. The van der Waals surface area contributed by atoms with Gasteiger partial charge in [0.15, 0.2) is 11.4 Å². The zero-order chi connectivity index (χ0) is 20.2. The van der Waals surface area contributed by atoms with Gasteiger partial charge in [-0.2, -0.15) is 4.98 Å². The van der Waals surface area contributed by atoms with Crippen molar-refractivity contribution in [1.29, 1.82) is 0 Å². The summed E-state index contributed by atoms with van der Waals surface area (Å²) in [5.74, 6) is 1.82. The zero-order valence-electron chi connectivity index (χ0n) is 16.7. The number of nitrogens with one attached hydrogen (secondary N) is 3. The van der Waals surface area contributed by atoms with Gasteiger partial charge in [-0.1, -0.05) is 0 Å². The van der Waals surface area contributed by atoms with Crippen molar-refractivity contribution in [2.45, 2.75) is 19.8 Å². The van der Waals surface area contributed by atoms with Gasteiger partial charge in [0.2, 0.25) is 11.9 Å². The highest BCUT2D eigenvalue weighted by Gasteiger charge is 2.16. The molecule has 1 aromatic carbocycles. The van der Waals surface area contributed by atoms with Crippen molar-refractivity contribution >= 4 is 40.1 Å². The van der Waals surface area contributed by atoms with Crippen molar-refractivity contribution in [3.8, 4) is 0 Å². The number of aromatic nitrogens is 2. The van der Waals surface area contributed by atoms with Crippen LogP contribution in [0.15, 0.2) is 41.0 Å². The van der Waals surface area contributed by atoms with Gasteiger partial charge in [-0.15, -0.1) is 0 Å². The van der Waals surface area contributed by atoms with Gasteiger partial charge < -0.3 is 25.3 Å². The predicted octanol–water partition coefficient (Wildman–Crippen LogP) is 3.36. The first kappa shape index (κ1) is 19.2. The lowest BCUT2D eigenvalue weighted by molar-refractivity contribution is -0.116. The Morgan fingerprint density at radius 2 is 1.97 bits per heavy atom. The molecular weight excluding hydrogens is 368 g/mol. The van der Waals surface area contributed by atoms with Crippen LogP contribution in [0.5, 0.6) is 0 Å². The Balaban J connectivity index is 1.50. The van der Waals surface area contributed by atoms with Gasteiger partial charge in [0.25, 0.3) is 0 Å². The monoisotopic (exact) mass is 394 g/mol. The minimum Gasteiger partial charge on any atom is -0.459 e. The fourth-order valence-corrected chi connectivity index (χ4v) is 3.45. The molecule has 0 aliphatic carbocycles. The molecule has 8 nitrogen and oxygen atoms in total. The van der Waals surface area contributed by atoms with Gasteiger partial charge in [0.1, 0.15) is 5.52 Å². The second-order valence-corrected chi connectivity index (χ2v) is 7.35. The van der Waals surface area contributed by atoms with E-state index in [0.717, 1.165) is 49.4 Å². The molecule has 1 fully saturated rings. The maximum absolute atomic E-state index is 11.5. The highest BCUT2D eigenvalue weighted by Crippen LogP contribution is 2.26. The highest BCUT2D eigenvalue weighted by molar-refractivity contribution is 5.91. The predicted molar refractivity (Wildman–Crippen MR) is 115 cm³/mol. The van der Waals surface area contributed by atoms with Crippen LogP contribution >= 0.6 is 0 Å². The normalized spacial score (nSPS) is 14.7. The summed E-state index contributed by atoms with van der Waals surface area (Å²) in [6.07, 6.45) is 3.95. The van der Waals surface area contributed by atoms with Crippen molar-refractivity contribution in [3.63, 3.8) is 0 Å². The first-order chi connectivity index (χ1) is 14.1. The average molecular weight is 394 g/mol. The van der Waals surface area contributed by atoms with E-state index in [2.05, 4.69) is 25.9 Å². The fraction of sp³-hybridized carbons (Fsp3) is 0.381. The van der Waals surface area contributed by atoms with Gasteiger partial charge in [0, 0.05) is 38.0 Å². The number of piperidine rings is 1. The van der Waals surface area contributed by atoms with Crippen LogP contribution in [-0.4, -0.2) is 42.6 Å². The molecule has 3 N–H and O–H groups in total. The molecule has 1 amide bonds. The second-order valence-electron chi connectivity index (χ2n) is 7.35. The molecule has 4 rings (SSSR count). The van der Waals surface area contributed by atoms with E-state index in [4.69, 9.17) is 4.42 Å². The molecule has 0 spiro atoms. The van der Waals surface area contributed by atoms with Gasteiger partial charge in [-0.25, -0.2) is 4.98 Å². The Morgan fingerprint density at radius 1 is 1.21 bits per heavy atom. The van der Waals surface area contributed by atoms with Crippen molar-refractivity contribution in [1.82, 2.24) is 15.3 Å². The van der Waals surface area contributed by atoms with E-state index in [1.165, 1.54) is 0 Å². The van der Waals surface area contributed by atoms with E-state index in [1.807, 2.05) is 30.3 Å². The molecule has 1 aliphatic rings. The van der Waals surface area contributed by atoms with Crippen molar-refractivity contribution in [3.05, 3.63) is 36.6 Å². The number of carbonyl (C=O) groups excluding carboxylic acids is 1. The SMILES string of the molecule is CC(=O)N(C)c1ccc(Nc2nc(NCC3CCNCC3)c3occc3n2)cc1. The number of benzene rings is 1. The quantitative estimate of drug-likeness (QED) is 0.590. The van der Waals surface area contributed by atoms with Crippen molar-refractivity contribution < 1.29 is 9.21 Å². The molecule has 152 valence electrons. The van der Waals surface area contributed by atoms with Crippen LogP contribution in [0.4, 0.5) is 23.1 Å². The average Bonchev–Trinajstić information content (AvgIpc) is 3.21. The summed E-state index contributed by atoms with van der Waals surface area (Å²) < 4.78 is 5.59. The third kappa shape index (κ3) is 4.48. The number of hydrogen-bond donors (Lipinski definition) is 3. The van der Waals surface area contributed by atoms with Gasteiger partial charge >= 0.3 is 0 Å². The van der Waals surface area contributed by atoms with Crippen LogP contribution in [0.2, 0.25) is 0 Å². The van der Waals surface area contributed by atoms with Crippen molar-refractivity contribution in [2.75, 3.05) is 42.2 Å². The van der Waals surface area contributed by atoms with Gasteiger partial charge in [-0.3, -0.25) is 4.79 Å². The van der Waals surface area contributed by atoms with Crippen LogP contribution in [0.3, 0.4) is 0 Å². The highest BCUT2D eigenvalue weighted by atomic mass is 16.3. The number of amides is 1. The van der Waals surface area contributed by atoms with Crippen LogP contribution in [0.25, 0.3) is 11.1 Å². The first-order valence-corrected chi connectivity index (χ1v) is 9.91. The van der Waals surface area contributed by atoms with Gasteiger partial charge in [-0.05, 0) is 56.1 Å². The Bertz CT molecular complexity index is 979. The van der Waals surface area contributed by atoms with Crippen LogP contribution in [-0.2, 0) is 4.79 Å². The minimum absolute atomic E-state index is 0.0103. The number of carbonyl (C=O) groups is 1. The lowest BCUT2D eigenvalue weighted by atomic mass is 9.98. The largest absolute Gasteiger partial charge is 0.459 e. The summed E-state index contributed by atoms with van der Waals surface area (Å²) in [5, 5.41) is 10.1. The molecule has 3 heterocycles. The number of furan rings is 1. The fourth-order valence-electron chi connectivity index (χ4n) is 3.45. The molecular formula is C21H26N6O2. The Kier molecular flexibility index (Phi) is 5.62. The van der Waals surface area contributed by atoms with Crippen LogP contribution in [0.1, 0.15) is 19.8 Å². The van der Waals surface area contributed by atoms with E-state index in [0.29, 0.717) is 23.3 Å². The third-order valence-corrected chi connectivity index (χ3v) is 5.30. The molecule has 0 atom stereocenters. The second kappa shape index (κ2) is 8.48. The maximum atomic E-state index is 11.5. The lowest BCUT2D eigenvalue weighted by Crippen LogP contribution is -2.31. The number of rotatable bonds is 6. The zero-order valence-corrected chi connectivity index (χ0v) is 16.7. The first-order valence-electron chi connectivity index (χ1n) is 9.91. The molecule has 0 unspecified atom stereocenters.